The molecule has 0 heterocycles. The van der Waals surface area contributed by atoms with E-state index in [1.54, 1.807) is 0 Å². The lowest BCUT2D eigenvalue weighted by Gasteiger charge is -2.11. The van der Waals surface area contributed by atoms with Crippen molar-refractivity contribution in [2.45, 2.75) is 33.1 Å². The Balaban J connectivity index is 2.72. The van der Waals surface area contributed by atoms with E-state index in [-0.39, 0.29) is 16.2 Å². The average molecular weight is 264 g/mol. The molecule has 0 spiro atoms. The summed E-state index contributed by atoms with van der Waals surface area (Å²) in [7, 11) is 0. The van der Waals surface area contributed by atoms with Crippen LogP contribution in [-0.4, -0.2) is 10.3 Å². The second kappa shape index (κ2) is 6.59. The predicted octanol–water partition coefficient (Wildman–Crippen LogP) is 3.14. The Morgan fingerprint density at radius 1 is 1.28 bits per heavy atom. The minimum Gasteiger partial charge on any atom is -0.378 e. The highest BCUT2D eigenvalue weighted by Crippen LogP contribution is 2.22. The van der Waals surface area contributed by atoms with Gasteiger partial charge in [-0.05, 0) is 35.2 Å². The lowest BCUT2D eigenvalue weighted by atomic mass is 9.97. The Morgan fingerprint density at radius 2 is 1.83 bits per heavy atom. The molecule has 18 heavy (non-hydrogen) atoms. The maximum Gasteiger partial charge on any atom is 0.203 e. The number of carbonyl (C=O) groups is 1. The summed E-state index contributed by atoms with van der Waals surface area (Å²) in [5, 5.41) is 6.88. The number of thioether (sulfide) groups is 1. The van der Waals surface area contributed by atoms with E-state index >= 15 is 0 Å². The number of nitrogens with two attached hydrogens (primary N) is 1. The second-order valence-corrected chi connectivity index (χ2v) is 5.89. The first kappa shape index (κ1) is 14.8. The molecule has 0 fully saturated rings. The van der Waals surface area contributed by atoms with Crippen LogP contribution < -0.4 is 5.73 Å². The first-order valence-electron chi connectivity index (χ1n) is 6.04. The summed E-state index contributed by atoms with van der Waals surface area (Å²) < 4.78 is 0. The van der Waals surface area contributed by atoms with Gasteiger partial charge in [0.15, 0.2) is 5.17 Å². The van der Waals surface area contributed by atoms with Gasteiger partial charge in [0.1, 0.15) is 0 Å². The van der Waals surface area contributed by atoms with E-state index in [2.05, 4.69) is 26.0 Å². The van der Waals surface area contributed by atoms with E-state index in [9.17, 15) is 4.79 Å². The monoisotopic (exact) mass is 264 g/mol. The van der Waals surface area contributed by atoms with Gasteiger partial charge in [0.2, 0.25) is 5.12 Å². The smallest absolute Gasteiger partial charge is 0.203 e. The molecule has 0 aliphatic rings. The van der Waals surface area contributed by atoms with Crippen molar-refractivity contribution in [2.24, 2.45) is 11.7 Å². The quantitative estimate of drug-likeness (QED) is 0.648. The Bertz CT molecular complexity index is 426. The molecule has 1 aromatic rings. The van der Waals surface area contributed by atoms with Crippen LogP contribution in [-0.2, 0) is 11.2 Å². The van der Waals surface area contributed by atoms with Crippen molar-refractivity contribution in [3.63, 3.8) is 0 Å². The molecule has 1 atom stereocenters. The summed E-state index contributed by atoms with van der Waals surface area (Å²) in [5.41, 5.74) is 7.47. The number of benzene rings is 1. The van der Waals surface area contributed by atoms with Gasteiger partial charge in [0.25, 0.3) is 0 Å². The molecule has 0 amide bonds. The van der Waals surface area contributed by atoms with Gasteiger partial charge < -0.3 is 5.73 Å². The molecule has 3 nitrogen and oxygen atoms in total. The molecule has 0 aromatic heterocycles. The molecule has 0 bridgehead atoms. The van der Waals surface area contributed by atoms with Gasteiger partial charge in [-0.3, -0.25) is 10.2 Å². The fourth-order valence-corrected chi connectivity index (χ4v) is 2.28. The van der Waals surface area contributed by atoms with Crippen molar-refractivity contribution < 1.29 is 4.79 Å². The summed E-state index contributed by atoms with van der Waals surface area (Å²) in [6, 6.07) is 8.11. The van der Waals surface area contributed by atoms with Gasteiger partial charge in [-0.1, -0.05) is 45.0 Å². The minimum absolute atomic E-state index is 0.0842. The molecule has 98 valence electrons. The summed E-state index contributed by atoms with van der Waals surface area (Å²) in [5.74, 6) is 0.398. The van der Waals surface area contributed by atoms with Crippen molar-refractivity contribution in [1.82, 2.24) is 0 Å². The van der Waals surface area contributed by atoms with Crippen LogP contribution >= 0.6 is 11.8 Å². The van der Waals surface area contributed by atoms with E-state index in [1.165, 1.54) is 5.56 Å². The van der Waals surface area contributed by atoms with Gasteiger partial charge in [0.05, 0.1) is 5.92 Å². The molecule has 0 aliphatic carbocycles. The van der Waals surface area contributed by atoms with Gasteiger partial charge in [-0.25, -0.2) is 0 Å². The van der Waals surface area contributed by atoms with E-state index < -0.39 is 0 Å². The Hall–Kier alpha value is -1.29. The third-order valence-corrected chi connectivity index (χ3v) is 3.46. The Kier molecular flexibility index (Phi) is 5.41. The van der Waals surface area contributed by atoms with Crippen molar-refractivity contribution >= 4 is 22.0 Å². The second-order valence-electron chi connectivity index (χ2n) is 4.85. The van der Waals surface area contributed by atoms with Crippen LogP contribution in [0.5, 0.6) is 0 Å². The van der Waals surface area contributed by atoms with Crippen LogP contribution in [0.3, 0.4) is 0 Å². The third-order valence-electron chi connectivity index (χ3n) is 2.69. The number of carbonyl (C=O) groups excluding carboxylic acids is 1. The lowest BCUT2D eigenvalue weighted by Crippen LogP contribution is -2.13. The van der Waals surface area contributed by atoms with E-state index in [1.807, 2.05) is 19.1 Å². The van der Waals surface area contributed by atoms with Crippen LogP contribution in [0.15, 0.2) is 24.3 Å². The van der Waals surface area contributed by atoms with Crippen molar-refractivity contribution in [3.8, 4) is 0 Å². The highest BCUT2D eigenvalue weighted by molar-refractivity contribution is 8.26. The molecule has 3 N–H and O–H groups in total. The van der Waals surface area contributed by atoms with Crippen molar-refractivity contribution in [1.29, 1.82) is 5.41 Å². The van der Waals surface area contributed by atoms with Gasteiger partial charge >= 0.3 is 0 Å². The summed E-state index contributed by atoms with van der Waals surface area (Å²) in [6.07, 6.45) is 1.05. The van der Waals surface area contributed by atoms with Crippen LogP contribution in [0.1, 0.15) is 37.8 Å². The minimum atomic E-state index is -0.230. The number of hydrogen-bond donors (Lipinski definition) is 2. The molecular weight excluding hydrogens is 244 g/mol. The lowest BCUT2D eigenvalue weighted by molar-refractivity contribution is -0.111. The molecule has 4 heteroatoms. The molecule has 0 radical (unpaired) electrons. The topological polar surface area (TPSA) is 66.9 Å². The SMILES string of the molecule is CC(C)Cc1ccc(C(C)C(=O)SC(=N)N)cc1. The molecule has 1 rings (SSSR count). The van der Waals surface area contributed by atoms with E-state index in [0.717, 1.165) is 23.7 Å². The highest BCUT2D eigenvalue weighted by atomic mass is 32.2. The zero-order chi connectivity index (χ0) is 13.7. The number of hydrogen-bond acceptors (Lipinski definition) is 3. The molecule has 0 aliphatic heterocycles. The third kappa shape index (κ3) is 4.53. The summed E-state index contributed by atoms with van der Waals surface area (Å²) in [4.78, 5) is 11.8. The molecular formula is C14H20N2OS. The largest absolute Gasteiger partial charge is 0.378 e. The zero-order valence-corrected chi connectivity index (χ0v) is 11.9. The van der Waals surface area contributed by atoms with Crippen molar-refractivity contribution in [3.05, 3.63) is 35.4 Å². The van der Waals surface area contributed by atoms with E-state index in [0.29, 0.717) is 5.92 Å². The zero-order valence-electron chi connectivity index (χ0n) is 11.1. The predicted molar refractivity (Wildman–Crippen MR) is 77.9 cm³/mol. The fourth-order valence-electron chi connectivity index (χ4n) is 1.75. The Morgan fingerprint density at radius 3 is 2.28 bits per heavy atom. The molecule has 0 saturated heterocycles. The van der Waals surface area contributed by atoms with E-state index in [4.69, 9.17) is 11.1 Å². The average Bonchev–Trinajstić information content (AvgIpc) is 2.27. The molecule has 1 aromatic carbocycles. The maximum atomic E-state index is 11.8. The van der Waals surface area contributed by atoms with Gasteiger partial charge in [-0.2, -0.15) is 0 Å². The van der Waals surface area contributed by atoms with Crippen molar-refractivity contribution in [2.75, 3.05) is 0 Å². The van der Waals surface area contributed by atoms with Gasteiger partial charge in [0, 0.05) is 0 Å². The number of amidine groups is 1. The van der Waals surface area contributed by atoms with Crippen LogP contribution in [0, 0.1) is 11.3 Å². The van der Waals surface area contributed by atoms with Crippen LogP contribution in [0.4, 0.5) is 0 Å². The molecule has 0 saturated carbocycles. The molecule has 1 unspecified atom stereocenters. The first-order valence-corrected chi connectivity index (χ1v) is 6.86. The normalized spacial score (nSPS) is 12.4. The first-order chi connectivity index (χ1) is 8.40. The summed E-state index contributed by atoms with van der Waals surface area (Å²) in [6.45, 7) is 6.21. The van der Waals surface area contributed by atoms with Crippen LogP contribution in [0.25, 0.3) is 0 Å². The summed E-state index contributed by atoms with van der Waals surface area (Å²) >= 11 is 0.794. The fraction of sp³-hybridized carbons (Fsp3) is 0.429. The Labute approximate surface area is 113 Å². The van der Waals surface area contributed by atoms with Crippen LogP contribution in [0.2, 0.25) is 0 Å². The standard InChI is InChI=1S/C14H20N2OS/c1-9(2)8-11-4-6-12(7-5-11)10(3)13(17)18-14(15)16/h4-7,9-10H,8H2,1-3H3,(H3,15,16). The highest BCUT2D eigenvalue weighted by Gasteiger charge is 2.16. The number of rotatable bonds is 4. The maximum absolute atomic E-state index is 11.8. The van der Waals surface area contributed by atoms with Gasteiger partial charge in [-0.15, -0.1) is 0 Å². The number of nitrogens with one attached hydrogen (secondary N) is 1.